The van der Waals surface area contributed by atoms with Gasteiger partial charge in [-0.1, -0.05) is 6.42 Å². The molecular weight excluding hydrogens is 393 g/mol. The fourth-order valence-corrected chi connectivity index (χ4v) is 5.00. The van der Waals surface area contributed by atoms with Gasteiger partial charge in [0.15, 0.2) is 0 Å². The summed E-state index contributed by atoms with van der Waals surface area (Å²) in [5.41, 5.74) is 9.75. The van der Waals surface area contributed by atoms with E-state index < -0.39 is 46.8 Å². The van der Waals surface area contributed by atoms with Crippen LogP contribution in [0, 0.1) is 5.92 Å². The van der Waals surface area contributed by atoms with E-state index in [-0.39, 0.29) is 44.8 Å². The van der Waals surface area contributed by atoms with Gasteiger partial charge in [0.1, 0.15) is 5.54 Å². The first kappa shape index (κ1) is 23.0. The van der Waals surface area contributed by atoms with Crippen molar-refractivity contribution < 1.29 is 33.2 Å². The van der Waals surface area contributed by atoms with E-state index in [9.17, 15) is 23.1 Å². The number of hydrogen-bond acceptors (Lipinski definition) is 8. The monoisotopic (exact) mass is 421 g/mol. The number of carbonyl (C=O) groups is 2. The molecule has 2 rings (SSSR count). The highest BCUT2D eigenvalue weighted by Crippen LogP contribution is 2.32. The van der Waals surface area contributed by atoms with Crippen LogP contribution < -0.4 is 16.2 Å². The number of nitrogens with two attached hydrogens (primary N) is 2. The number of carboxylic acid groups (broad SMARTS) is 1. The molecule has 3 atom stereocenters. The molecule has 0 saturated carbocycles. The lowest BCUT2D eigenvalue weighted by atomic mass is 9.78. The van der Waals surface area contributed by atoms with Crippen LogP contribution in [0.4, 0.5) is 0 Å². The van der Waals surface area contributed by atoms with E-state index in [4.69, 9.17) is 21.5 Å². The Bertz CT molecular complexity index is 700. The van der Waals surface area contributed by atoms with Gasteiger partial charge in [-0.05, 0) is 19.7 Å². The quantitative estimate of drug-likeness (QED) is 0.203. The lowest BCUT2D eigenvalue weighted by Crippen LogP contribution is -2.64. The summed E-state index contributed by atoms with van der Waals surface area (Å²) >= 11 is 0. The SMILES string of the molecule is C[C@H](N)C(=O)N1CC(NS(=O)(=O)N2C[C@H](CCCB(O)O)[C@](N)(C(=O)O)C2)C1. The van der Waals surface area contributed by atoms with Gasteiger partial charge >= 0.3 is 13.1 Å². The fourth-order valence-electron chi connectivity index (χ4n) is 3.52. The number of aliphatic carboxylic acids is 1. The first-order chi connectivity index (χ1) is 12.9. The minimum absolute atomic E-state index is 0.0443. The lowest BCUT2D eigenvalue weighted by molar-refractivity contribution is -0.144. The normalized spacial score (nSPS) is 27.5. The standard InChI is InChI=1S/C14H28BN5O7S/c1-9(16)12(21)19-6-11(7-19)18-28(26,27)20-5-10(3-2-4-15(24)25)14(17,8-20)13(22)23/h9-11,18,24-25H,2-8,16-17H2,1H3,(H,22,23)/t9-,10-,14-/m0/s1. The Labute approximate surface area is 164 Å². The van der Waals surface area contributed by atoms with E-state index in [2.05, 4.69) is 4.72 Å². The van der Waals surface area contributed by atoms with Crippen LogP contribution in [-0.4, -0.2) is 95.6 Å². The minimum atomic E-state index is -4.00. The van der Waals surface area contributed by atoms with Crippen LogP contribution in [0.2, 0.25) is 6.32 Å². The van der Waals surface area contributed by atoms with E-state index in [0.717, 1.165) is 4.31 Å². The molecule has 1 amide bonds. The fraction of sp³-hybridized carbons (Fsp3) is 0.857. The van der Waals surface area contributed by atoms with Gasteiger partial charge in [0.25, 0.3) is 10.2 Å². The number of rotatable bonds is 9. The summed E-state index contributed by atoms with van der Waals surface area (Å²) in [7, 11) is -5.51. The van der Waals surface area contributed by atoms with Gasteiger partial charge < -0.3 is 31.5 Å². The average molecular weight is 421 g/mol. The zero-order chi connectivity index (χ0) is 21.3. The van der Waals surface area contributed by atoms with E-state index >= 15 is 0 Å². The molecule has 0 unspecified atom stereocenters. The van der Waals surface area contributed by atoms with Crippen LogP contribution in [0.5, 0.6) is 0 Å². The lowest BCUT2D eigenvalue weighted by Gasteiger charge is -2.40. The van der Waals surface area contributed by atoms with Gasteiger partial charge in [-0.25, -0.2) is 0 Å². The molecule has 8 N–H and O–H groups in total. The molecule has 0 radical (unpaired) electrons. The van der Waals surface area contributed by atoms with Crippen molar-refractivity contribution >= 4 is 29.2 Å². The highest BCUT2D eigenvalue weighted by molar-refractivity contribution is 7.87. The van der Waals surface area contributed by atoms with E-state index in [1.54, 1.807) is 6.92 Å². The molecular formula is C14H28BN5O7S. The smallest absolute Gasteiger partial charge is 0.451 e. The Morgan fingerprint density at radius 1 is 1.32 bits per heavy atom. The van der Waals surface area contributed by atoms with Gasteiger partial charge in [-0.2, -0.15) is 17.4 Å². The summed E-state index contributed by atoms with van der Waals surface area (Å²) in [6.07, 6.45) is 0.585. The van der Waals surface area contributed by atoms with Crippen LogP contribution in [-0.2, 0) is 19.8 Å². The van der Waals surface area contributed by atoms with Crippen molar-refractivity contribution in [1.82, 2.24) is 13.9 Å². The number of nitrogens with zero attached hydrogens (tertiary/aromatic N) is 2. The molecule has 0 spiro atoms. The summed E-state index contributed by atoms with van der Waals surface area (Å²) in [6.45, 7) is 1.46. The molecule has 14 heteroatoms. The minimum Gasteiger partial charge on any atom is -0.480 e. The van der Waals surface area contributed by atoms with Crippen LogP contribution in [0.15, 0.2) is 0 Å². The summed E-state index contributed by atoms with van der Waals surface area (Å²) < 4.78 is 28.7. The topological polar surface area (TPSA) is 200 Å². The number of carboxylic acids is 1. The molecule has 2 saturated heterocycles. The van der Waals surface area contributed by atoms with Gasteiger partial charge in [0, 0.05) is 32.1 Å². The number of likely N-dealkylation sites (tertiary alicyclic amines) is 1. The number of hydrogen-bond donors (Lipinski definition) is 6. The molecule has 0 bridgehead atoms. The van der Waals surface area contributed by atoms with Gasteiger partial charge in [-0.3, -0.25) is 9.59 Å². The highest BCUT2D eigenvalue weighted by atomic mass is 32.2. The second-order valence-electron chi connectivity index (χ2n) is 7.60. The van der Waals surface area contributed by atoms with Crippen LogP contribution in [0.25, 0.3) is 0 Å². The Kier molecular flexibility index (Phi) is 7.07. The molecule has 2 aliphatic rings. The predicted octanol–water partition coefficient (Wildman–Crippen LogP) is -3.65. The van der Waals surface area contributed by atoms with Crippen molar-refractivity contribution in [2.75, 3.05) is 26.2 Å². The maximum absolute atomic E-state index is 12.6. The Balaban J connectivity index is 1.98. The van der Waals surface area contributed by atoms with Crippen molar-refractivity contribution in [3.05, 3.63) is 0 Å². The molecule has 0 aromatic carbocycles. The largest absolute Gasteiger partial charge is 0.480 e. The van der Waals surface area contributed by atoms with E-state index in [1.807, 2.05) is 0 Å². The Morgan fingerprint density at radius 2 is 1.93 bits per heavy atom. The van der Waals surface area contributed by atoms with Crippen molar-refractivity contribution in [2.24, 2.45) is 17.4 Å². The van der Waals surface area contributed by atoms with Gasteiger partial charge in [0.2, 0.25) is 5.91 Å². The molecule has 2 aliphatic heterocycles. The zero-order valence-electron chi connectivity index (χ0n) is 15.7. The summed E-state index contributed by atoms with van der Waals surface area (Å²) in [5.74, 6) is -2.25. The molecule has 0 aliphatic carbocycles. The van der Waals surface area contributed by atoms with E-state index in [1.165, 1.54) is 4.90 Å². The van der Waals surface area contributed by atoms with Crippen molar-refractivity contribution in [1.29, 1.82) is 0 Å². The maximum Gasteiger partial charge on any atom is 0.451 e. The summed E-state index contributed by atoms with van der Waals surface area (Å²) in [5, 5.41) is 27.4. The van der Waals surface area contributed by atoms with Crippen molar-refractivity contribution in [3.63, 3.8) is 0 Å². The highest BCUT2D eigenvalue weighted by Gasteiger charge is 2.52. The number of carbonyl (C=O) groups excluding carboxylic acids is 1. The Hall–Kier alpha value is -1.29. The summed E-state index contributed by atoms with van der Waals surface area (Å²) in [6, 6.07) is -1.14. The van der Waals surface area contributed by atoms with Crippen LogP contribution in [0.1, 0.15) is 19.8 Å². The Morgan fingerprint density at radius 3 is 2.43 bits per heavy atom. The van der Waals surface area contributed by atoms with Crippen LogP contribution in [0.3, 0.4) is 0 Å². The average Bonchev–Trinajstić information content (AvgIpc) is 2.89. The molecule has 2 fully saturated rings. The maximum atomic E-state index is 12.6. The third-order valence-corrected chi connectivity index (χ3v) is 6.83. The molecule has 12 nitrogen and oxygen atoms in total. The molecule has 28 heavy (non-hydrogen) atoms. The number of amides is 1. The van der Waals surface area contributed by atoms with Gasteiger partial charge in [0.05, 0.1) is 12.1 Å². The third-order valence-electron chi connectivity index (χ3n) is 5.24. The van der Waals surface area contributed by atoms with Crippen molar-refractivity contribution in [3.8, 4) is 0 Å². The van der Waals surface area contributed by atoms with E-state index in [0.29, 0.717) is 6.42 Å². The van der Waals surface area contributed by atoms with Crippen LogP contribution >= 0.6 is 0 Å². The first-order valence-electron chi connectivity index (χ1n) is 9.07. The molecule has 0 aromatic heterocycles. The van der Waals surface area contributed by atoms with Gasteiger partial charge in [-0.15, -0.1) is 0 Å². The second-order valence-corrected chi connectivity index (χ2v) is 9.30. The third kappa shape index (κ3) is 5.00. The summed E-state index contributed by atoms with van der Waals surface area (Å²) in [4.78, 5) is 24.8. The van der Waals surface area contributed by atoms with Crippen molar-refractivity contribution in [2.45, 2.75) is 43.7 Å². The molecule has 160 valence electrons. The predicted molar refractivity (Wildman–Crippen MR) is 99.9 cm³/mol. The molecule has 0 aromatic rings. The second kappa shape index (κ2) is 8.61. The number of nitrogens with one attached hydrogen (secondary N) is 1. The first-order valence-corrected chi connectivity index (χ1v) is 10.5. The molecule has 2 heterocycles. The zero-order valence-corrected chi connectivity index (χ0v) is 16.5.